The van der Waals surface area contributed by atoms with E-state index in [1.807, 2.05) is 38.4 Å². The molecule has 0 radical (unpaired) electrons. The number of para-hydroxylation sites is 1. The number of hydrogen-bond donors (Lipinski definition) is 2. The topological polar surface area (TPSA) is 70.2 Å². The monoisotopic (exact) mass is 327 g/mol. The highest BCUT2D eigenvalue weighted by Gasteiger charge is 2.12. The van der Waals surface area contributed by atoms with Crippen LogP contribution in [-0.2, 0) is 0 Å². The summed E-state index contributed by atoms with van der Waals surface area (Å²) in [5.74, 6) is 0.738. The highest BCUT2D eigenvalue weighted by atomic mass is 16.1. The molecule has 0 unspecified atom stereocenters. The molecule has 2 aromatic rings. The van der Waals surface area contributed by atoms with Crippen molar-refractivity contribution in [2.24, 2.45) is 0 Å². The molecule has 24 heavy (non-hydrogen) atoms. The summed E-state index contributed by atoms with van der Waals surface area (Å²) < 4.78 is 0. The number of rotatable bonds is 7. The third kappa shape index (κ3) is 5.03. The number of likely N-dealkylation sites (N-methyl/N-ethyl adjacent to an activating group) is 1. The Bertz CT molecular complexity index is 667. The summed E-state index contributed by atoms with van der Waals surface area (Å²) in [6, 6.07) is 11.2. The predicted molar refractivity (Wildman–Crippen MR) is 97.6 cm³/mol. The maximum Gasteiger partial charge on any atom is 0.276 e. The second-order valence-electron chi connectivity index (χ2n) is 6.23. The lowest BCUT2D eigenvalue weighted by Gasteiger charge is -2.13. The Morgan fingerprint density at radius 1 is 1.12 bits per heavy atom. The van der Waals surface area contributed by atoms with E-state index in [4.69, 9.17) is 0 Å². The van der Waals surface area contributed by atoms with Crippen LogP contribution in [0.1, 0.15) is 35.8 Å². The van der Waals surface area contributed by atoms with Gasteiger partial charge >= 0.3 is 0 Å². The van der Waals surface area contributed by atoms with Crippen LogP contribution >= 0.6 is 0 Å². The van der Waals surface area contributed by atoms with Crippen LogP contribution in [0.25, 0.3) is 0 Å². The van der Waals surface area contributed by atoms with Gasteiger partial charge in [-0.15, -0.1) is 10.2 Å². The molecule has 2 N–H and O–H groups in total. The van der Waals surface area contributed by atoms with Crippen LogP contribution in [-0.4, -0.2) is 48.2 Å². The maximum absolute atomic E-state index is 12.4. The molecule has 0 fully saturated rings. The Kier molecular flexibility index (Phi) is 6.26. The summed E-state index contributed by atoms with van der Waals surface area (Å²) in [5.41, 5.74) is 2.21. The number of nitrogens with zero attached hydrogens (tertiary/aromatic N) is 3. The first kappa shape index (κ1) is 17.9. The second-order valence-corrected chi connectivity index (χ2v) is 6.23. The molecule has 0 bridgehead atoms. The second kappa shape index (κ2) is 8.40. The van der Waals surface area contributed by atoms with E-state index in [1.165, 1.54) is 0 Å². The largest absolute Gasteiger partial charge is 0.367 e. The first-order valence-corrected chi connectivity index (χ1v) is 8.10. The zero-order valence-electron chi connectivity index (χ0n) is 14.7. The average molecular weight is 327 g/mol. The Hall–Kier alpha value is -2.47. The van der Waals surface area contributed by atoms with Gasteiger partial charge in [0, 0.05) is 18.8 Å². The lowest BCUT2D eigenvalue weighted by atomic mass is 10.0. The third-order valence-electron chi connectivity index (χ3n) is 3.59. The van der Waals surface area contributed by atoms with E-state index in [0.29, 0.717) is 17.4 Å². The number of carbonyl (C=O) groups excluding carboxylic acids is 1. The lowest BCUT2D eigenvalue weighted by molar-refractivity contribution is 0.102. The van der Waals surface area contributed by atoms with Crippen LogP contribution in [0.4, 0.5) is 11.5 Å². The van der Waals surface area contributed by atoms with Crippen molar-refractivity contribution >= 4 is 17.4 Å². The number of anilines is 2. The third-order valence-corrected chi connectivity index (χ3v) is 3.59. The van der Waals surface area contributed by atoms with Gasteiger partial charge in [-0.25, -0.2) is 0 Å². The van der Waals surface area contributed by atoms with Crippen molar-refractivity contribution < 1.29 is 4.79 Å². The van der Waals surface area contributed by atoms with Crippen molar-refractivity contribution in [1.82, 2.24) is 15.1 Å². The van der Waals surface area contributed by atoms with Crippen LogP contribution in [0.3, 0.4) is 0 Å². The Morgan fingerprint density at radius 3 is 2.50 bits per heavy atom. The van der Waals surface area contributed by atoms with E-state index >= 15 is 0 Å². The van der Waals surface area contributed by atoms with Crippen molar-refractivity contribution in [3.63, 3.8) is 0 Å². The summed E-state index contributed by atoms with van der Waals surface area (Å²) in [5, 5.41) is 14.2. The number of carbonyl (C=O) groups is 1. The molecule has 6 heteroatoms. The molecule has 0 atom stereocenters. The standard InChI is InChI=1S/C18H25N5O/c1-13(2)14-7-5-6-8-15(14)20-18(24)16-9-10-17(22-21-16)19-11-12-23(3)4/h5-10,13H,11-12H2,1-4H3,(H,19,22)(H,20,24). The van der Waals surface area contributed by atoms with Crippen molar-refractivity contribution in [1.29, 1.82) is 0 Å². The van der Waals surface area contributed by atoms with Crippen molar-refractivity contribution in [3.05, 3.63) is 47.7 Å². The van der Waals surface area contributed by atoms with Gasteiger partial charge in [0.1, 0.15) is 5.82 Å². The first-order valence-electron chi connectivity index (χ1n) is 8.10. The van der Waals surface area contributed by atoms with Crippen LogP contribution in [0, 0.1) is 0 Å². The van der Waals surface area contributed by atoms with E-state index in [0.717, 1.165) is 24.3 Å². The quantitative estimate of drug-likeness (QED) is 0.818. The average Bonchev–Trinajstić information content (AvgIpc) is 2.55. The minimum Gasteiger partial charge on any atom is -0.367 e. The van der Waals surface area contributed by atoms with Gasteiger partial charge in [0.25, 0.3) is 5.91 Å². The highest BCUT2D eigenvalue weighted by molar-refractivity contribution is 6.03. The molecule has 0 aliphatic carbocycles. The fraction of sp³-hybridized carbons (Fsp3) is 0.389. The number of aromatic nitrogens is 2. The van der Waals surface area contributed by atoms with Gasteiger partial charge in [-0.1, -0.05) is 32.0 Å². The van der Waals surface area contributed by atoms with Crippen LogP contribution in [0.5, 0.6) is 0 Å². The molecule has 0 spiro atoms. The molecule has 0 saturated carbocycles. The zero-order chi connectivity index (χ0) is 17.5. The number of nitrogens with one attached hydrogen (secondary N) is 2. The molecule has 1 aromatic heterocycles. The van der Waals surface area contributed by atoms with Crippen molar-refractivity contribution in [2.45, 2.75) is 19.8 Å². The van der Waals surface area contributed by atoms with Gasteiger partial charge in [-0.2, -0.15) is 0 Å². The van der Waals surface area contributed by atoms with E-state index in [2.05, 4.69) is 39.6 Å². The van der Waals surface area contributed by atoms with Crippen molar-refractivity contribution in [3.8, 4) is 0 Å². The van der Waals surface area contributed by atoms with E-state index in [1.54, 1.807) is 12.1 Å². The van der Waals surface area contributed by atoms with Gasteiger partial charge in [0.05, 0.1) is 0 Å². The molecule has 2 rings (SSSR count). The fourth-order valence-corrected chi connectivity index (χ4v) is 2.26. The maximum atomic E-state index is 12.4. The molecule has 128 valence electrons. The minimum atomic E-state index is -0.254. The van der Waals surface area contributed by atoms with Gasteiger partial charge in [-0.05, 0) is 43.8 Å². The number of amides is 1. The zero-order valence-corrected chi connectivity index (χ0v) is 14.7. The molecular weight excluding hydrogens is 302 g/mol. The molecule has 6 nitrogen and oxygen atoms in total. The normalized spacial score (nSPS) is 10.9. The van der Waals surface area contributed by atoms with E-state index in [9.17, 15) is 4.79 Å². The lowest BCUT2D eigenvalue weighted by Crippen LogP contribution is -2.21. The Labute approximate surface area is 143 Å². The van der Waals surface area contributed by atoms with Crippen molar-refractivity contribution in [2.75, 3.05) is 37.8 Å². The summed E-state index contributed by atoms with van der Waals surface area (Å²) in [6.07, 6.45) is 0. The van der Waals surface area contributed by atoms with Gasteiger partial charge < -0.3 is 15.5 Å². The van der Waals surface area contributed by atoms with Crippen LogP contribution < -0.4 is 10.6 Å². The van der Waals surface area contributed by atoms with Gasteiger partial charge in [0.15, 0.2) is 5.69 Å². The van der Waals surface area contributed by atoms with E-state index < -0.39 is 0 Å². The number of benzene rings is 1. The molecule has 1 amide bonds. The summed E-state index contributed by atoms with van der Waals surface area (Å²) in [6.45, 7) is 5.86. The smallest absolute Gasteiger partial charge is 0.276 e. The van der Waals surface area contributed by atoms with Crippen LogP contribution in [0.15, 0.2) is 36.4 Å². The molecular formula is C18H25N5O. The number of hydrogen-bond acceptors (Lipinski definition) is 5. The predicted octanol–water partition coefficient (Wildman–Crippen LogP) is 2.83. The van der Waals surface area contributed by atoms with E-state index in [-0.39, 0.29) is 5.91 Å². The fourth-order valence-electron chi connectivity index (χ4n) is 2.26. The molecule has 0 aliphatic heterocycles. The molecule has 0 saturated heterocycles. The Balaban J connectivity index is 2.00. The van der Waals surface area contributed by atoms with Crippen LogP contribution in [0.2, 0.25) is 0 Å². The summed E-state index contributed by atoms with van der Waals surface area (Å²) in [4.78, 5) is 14.4. The first-order chi connectivity index (χ1) is 11.5. The highest BCUT2D eigenvalue weighted by Crippen LogP contribution is 2.24. The minimum absolute atomic E-state index is 0.254. The summed E-state index contributed by atoms with van der Waals surface area (Å²) in [7, 11) is 4.02. The molecule has 1 aromatic carbocycles. The summed E-state index contributed by atoms with van der Waals surface area (Å²) >= 11 is 0. The van der Waals surface area contributed by atoms with Gasteiger partial charge in [0.2, 0.25) is 0 Å². The molecule has 1 heterocycles. The molecule has 0 aliphatic rings. The SMILES string of the molecule is CC(C)c1ccccc1NC(=O)c1ccc(NCCN(C)C)nn1. The Morgan fingerprint density at radius 2 is 1.88 bits per heavy atom. The van der Waals surface area contributed by atoms with Gasteiger partial charge in [-0.3, -0.25) is 4.79 Å².